The summed E-state index contributed by atoms with van der Waals surface area (Å²) >= 11 is 0. The van der Waals surface area contributed by atoms with Crippen LogP contribution in [0.15, 0.2) is 165 Å². The van der Waals surface area contributed by atoms with Crippen molar-refractivity contribution in [1.82, 2.24) is 28.2 Å². The van der Waals surface area contributed by atoms with E-state index < -0.39 is 19.7 Å². The fourth-order valence-electron chi connectivity index (χ4n) is 7.00. The van der Waals surface area contributed by atoms with E-state index in [4.69, 9.17) is 15.0 Å². The fourth-order valence-corrected chi connectivity index (χ4v) is 9.60. The van der Waals surface area contributed by atoms with Gasteiger partial charge in [-0.05, 0) is 90.3 Å². The van der Waals surface area contributed by atoms with Gasteiger partial charge in [0.2, 0.25) is 37.0 Å². The Hall–Kier alpha value is -6.37. The zero-order chi connectivity index (χ0) is 35.2. The highest BCUT2D eigenvalue weighted by Gasteiger charge is 2.25. The van der Waals surface area contributed by atoms with Crippen LogP contribution >= 0.6 is 0 Å². The molecule has 0 saturated carbocycles. The first-order valence-corrected chi connectivity index (χ1v) is 19.5. The molecular formula is C40H26N6O4S2. The van der Waals surface area contributed by atoms with E-state index >= 15 is 0 Å². The first kappa shape index (κ1) is 30.5. The Labute approximate surface area is 296 Å². The molecule has 252 valence electrons. The molecule has 10 nitrogen and oxygen atoms in total. The lowest BCUT2D eigenvalue weighted by Gasteiger charge is -2.06. The molecular weight excluding hydrogens is 693 g/mol. The summed E-state index contributed by atoms with van der Waals surface area (Å²) in [5, 5.41) is 0. The molecule has 52 heavy (non-hydrogen) atoms. The standard InChI is InChI=1S/C40H26N6O4S2/c47-51(48,28-12-6-2-7-13-28)30-17-20-36-33(24-30)43-40-45(36)38-41-32-23-27(22-26-10-4-1-5-11-26)16-19-35(32)44(38)39-42-34-25-31(18-21-37(34)46(39)40)52(49,50)29-14-8-3-9-15-29/h1-21,23-25H,22H2. The number of sulfone groups is 2. The minimum absolute atomic E-state index is 0.118. The summed E-state index contributed by atoms with van der Waals surface area (Å²) in [5.74, 6) is 1.47. The summed E-state index contributed by atoms with van der Waals surface area (Å²) in [6.45, 7) is 0. The number of imidazole rings is 3. The second-order valence-electron chi connectivity index (χ2n) is 12.7. The number of hydrogen-bond acceptors (Lipinski definition) is 7. The van der Waals surface area contributed by atoms with Gasteiger partial charge in [0.1, 0.15) is 0 Å². The van der Waals surface area contributed by atoms with E-state index in [0.29, 0.717) is 39.4 Å². The van der Waals surface area contributed by atoms with E-state index in [9.17, 15) is 16.8 Å². The number of fused-ring (bicyclic) bond motifs is 12. The Morgan fingerprint density at radius 1 is 0.385 bits per heavy atom. The largest absolute Gasteiger partial charge is 0.247 e. The highest BCUT2D eigenvalue weighted by Crippen LogP contribution is 2.32. The Kier molecular flexibility index (Phi) is 6.48. The SMILES string of the molecule is O=S(=O)(c1ccccc1)c1ccc2c(c1)nc1n2c2nc3cc(Cc4ccccc4)ccc3n2c2nc3cc(S(=O)(=O)c4ccccc4)ccc3n21. The topological polar surface area (TPSA) is 120 Å². The maximum Gasteiger partial charge on any atom is 0.225 e. The van der Waals surface area contributed by atoms with Crippen molar-refractivity contribution in [3.8, 4) is 0 Å². The molecule has 4 aromatic heterocycles. The van der Waals surface area contributed by atoms with Gasteiger partial charge in [0.05, 0.1) is 52.7 Å². The molecule has 0 fully saturated rings. The van der Waals surface area contributed by atoms with Crippen LogP contribution in [0.4, 0.5) is 0 Å². The van der Waals surface area contributed by atoms with E-state index in [2.05, 4.69) is 24.3 Å². The Bertz CT molecular complexity index is 3210. The molecule has 0 aliphatic rings. The average molecular weight is 719 g/mol. The number of aromatic nitrogens is 6. The zero-order valence-electron chi connectivity index (χ0n) is 27.2. The lowest BCUT2D eigenvalue weighted by Crippen LogP contribution is -2.04. The van der Waals surface area contributed by atoms with Crippen molar-refractivity contribution in [3.05, 3.63) is 157 Å². The summed E-state index contributed by atoms with van der Waals surface area (Å²) in [4.78, 5) is 15.7. The molecule has 6 aromatic carbocycles. The van der Waals surface area contributed by atoms with Crippen molar-refractivity contribution in [2.75, 3.05) is 0 Å². The van der Waals surface area contributed by atoms with Crippen molar-refractivity contribution in [2.24, 2.45) is 0 Å². The Morgan fingerprint density at radius 2 is 0.769 bits per heavy atom. The summed E-state index contributed by atoms with van der Waals surface area (Å²) in [6, 6.07) is 42.8. The number of nitrogens with zero attached hydrogens (tertiary/aromatic N) is 6. The van der Waals surface area contributed by atoms with Crippen LogP contribution in [0.3, 0.4) is 0 Å². The van der Waals surface area contributed by atoms with Gasteiger partial charge in [0, 0.05) is 0 Å². The van der Waals surface area contributed by atoms with Crippen molar-refractivity contribution in [3.63, 3.8) is 0 Å². The van der Waals surface area contributed by atoms with Crippen molar-refractivity contribution < 1.29 is 16.8 Å². The van der Waals surface area contributed by atoms with Gasteiger partial charge < -0.3 is 0 Å². The third-order valence-corrected chi connectivity index (χ3v) is 13.0. The van der Waals surface area contributed by atoms with Crippen LogP contribution < -0.4 is 0 Å². The van der Waals surface area contributed by atoms with Crippen LogP contribution in [0, 0.1) is 0 Å². The maximum absolute atomic E-state index is 13.6. The predicted octanol–water partition coefficient (Wildman–Crippen LogP) is 7.35. The molecule has 0 aliphatic heterocycles. The molecule has 0 atom stereocenters. The van der Waals surface area contributed by atoms with Gasteiger partial charge in [0.25, 0.3) is 0 Å². The van der Waals surface area contributed by atoms with Gasteiger partial charge in [-0.25, -0.2) is 45.0 Å². The van der Waals surface area contributed by atoms with Crippen LogP contribution in [0.5, 0.6) is 0 Å². The smallest absolute Gasteiger partial charge is 0.225 e. The minimum Gasteiger partial charge on any atom is -0.247 e. The molecule has 0 unspecified atom stereocenters. The van der Waals surface area contributed by atoms with Gasteiger partial charge in [-0.1, -0.05) is 72.8 Å². The second kappa shape index (κ2) is 11.1. The molecule has 4 heterocycles. The summed E-state index contributed by atoms with van der Waals surface area (Å²) in [5.41, 5.74) is 6.00. The molecule has 0 aliphatic carbocycles. The molecule has 10 aromatic rings. The predicted molar refractivity (Wildman–Crippen MR) is 198 cm³/mol. The molecule has 0 spiro atoms. The summed E-state index contributed by atoms with van der Waals surface area (Å²) < 4.78 is 60.2. The van der Waals surface area contributed by atoms with E-state index in [1.165, 1.54) is 5.56 Å². The maximum atomic E-state index is 13.6. The highest BCUT2D eigenvalue weighted by molar-refractivity contribution is 7.91. The van der Waals surface area contributed by atoms with Crippen LogP contribution in [0.2, 0.25) is 0 Å². The van der Waals surface area contributed by atoms with Crippen LogP contribution in [0.25, 0.3) is 50.4 Å². The lowest BCUT2D eigenvalue weighted by atomic mass is 10.0. The third kappa shape index (κ3) is 4.51. The van der Waals surface area contributed by atoms with Gasteiger partial charge in [-0.3, -0.25) is 0 Å². The van der Waals surface area contributed by atoms with Gasteiger partial charge in [-0.2, -0.15) is 0 Å². The molecule has 0 radical (unpaired) electrons. The molecule has 12 heteroatoms. The average Bonchev–Trinajstić information content (AvgIpc) is 3.86. The fraction of sp³-hybridized carbons (Fsp3) is 0.0250. The summed E-state index contributed by atoms with van der Waals surface area (Å²) in [6.07, 6.45) is 0.730. The molecule has 0 saturated heterocycles. The van der Waals surface area contributed by atoms with Crippen molar-refractivity contribution in [2.45, 2.75) is 26.0 Å². The highest BCUT2D eigenvalue weighted by atomic mass is 32.2. The molecule has 0 amide bonds. The van der Waals surface area contributed by atoms with E-state index in [1.54, 1.807) is 97.1 Å². The van der Waals surface area contributed by atoms with Crippen LogP contribution in [-0.2, 0) is 26.1 Å². The quantitative estimate of drug-likeness (QED) is 0.176. The van der Waals surface area contributed by atoms with E-state index in [-0.39, 0.29) is 19.6 Å². The second-order valence-corrected chi connectivity index (χ2v) is 16.6. The summed E-state index contributed by atoms with van der Waals surface area (Å²) in [7, 11) is -7.63. The third-order valence-electron chi connectivity index (χ3n) is 9.50. The zero-order valence-corrected chi connectivity index (χ0v) is 28.8. The minimum atomic E-state index is -3.82. The number of benzene rings is 6. The first-order chi connectivity index (χ1) is 25.3. The Morgan fingerprint density at radius 3 is 1.21 bits per heavy atom. The number of hydrogen-bond donors (Lipinski definition) is 0. The van der Waals surface area contributed by atoms with E-state index in [1.807, 2.05) is 37.5 Å². The first-order valence-electron chi connectivity index (χ1n) is 16.5. The number of rotatable bonds is 6. The van der Waals surface area contributed by atoms with E-state index in [0.717, 1.165) is 23.0 Å². The van der Waals surface area contributed by atoms with Gasteiger partial charge in [0.15, 0.2) is 0 Å². The lowest BCUT2D eigenvalue weighted by molar-refractivity contribution is 0.594. The Balaban J connectivity index is 1.26. The monoisotopic (exact) mass is 718 g/mol. The molecule has 0 bridgehead atoms. The van der Waals surface area contributed by atoms with Crippen molar-refractivity contribution in [1.29, 1.82) is 0 Å². The van der Waals surface area contributed by atoms with Crippen molar-refractivity contribution >= 4 is 70.1 Å². The normalized spacial score (nSPS) is 12.6. The van der Waals surface area contributed by atoms with Gasteiger partial charge >= 0.3 is 0 Å². The van der Waals surface area contributed by atoms with Crippen LogP contribution in [-0.4, -0.2) is 45.0 Å². The molecule has 0 N–H and O–H groups in total. The molecule has 10 rings (SSSR count). The van der Waals surface area contributed by atoms with Crippen LogP contribution in [0.1, 0.15) is 11.1 Å². The van der Waals surface area contributed by atoms with Gasteiger partial charge in [-0.15, -0.1) is 0 Å².